The summed E-state index contributed by atoms with van der Waals surface area (Å²) < 4.78 is 12.2. The normalized spacial score (nSPS) is 27.2. The molecule has 3 rings (SSSR count). The molecule has 130 valence electrons. The lowest BCUT2D eigenvalue weighted by Crippen LogP contribution is -2.43. The van der Waals surface area contributed by atoms with Crippen LogP contribution in [0, 0.1) is 0 Å². The molecule has 1 aromatic carbocycles. The van der Waals surface area contributed by atoms with Crippen LogP contribution in [0.5, 0.6) is 0 Å². The van der Waals surface area contributed by atoms with Crippen LogP contribution in [-0.4, -0.2) is 41.5 Å². The second-order valence-electron chi connectivity index (χ2n) is 8.12. The first-order chi connectivity index (χ1) is 11.0. The van der Waals surface area contributed by atoms with Gasteiger partial charge in [-0.05, 0) is 64.1 Å². The zero-order valence-electron chi connectivity index (χ0n) is 15.3. The fraction of sp³-hybridized carbons (Fsp3) is 0.611. The lowest BCUT2D eigenvalue weighted by atomic mass is 9.77. The molecule has 1 aliphatic carbocycles. The van der Waals surface area contributed by atoms with E-state index in [1.807, 2.05) is 46.8 Å². The van der Waals surface area contributed by atoms with E-state index in [0.717, 1.165) is 23.9 Å². The van der Waals surface area contributed by atoms with Crippen LogP contribution in [0.3, 0.4) is 0 Å². The third-order valence-corrected chi connectivity index (χ3v) is 6.14. The predicted molar refractivity (Wildman–Crippen MR) is 93.6 cm³/mol. The Hall–Kier alpha value is -1.53. The van der Waals surface area contributed by atoms with Gasteiger partial charge in [0.05, 0.1) is 16.7 Å². The molecule has 1 unspecified atom stereocenters. The second kappa shape index (κ2) is 5.23. The SMILES string of the molecule is CN(C(=O)O)C1(C)CCc2cc(B3OC(C)(C)C(C)(C)O3)ccc21. The number of carboxylic acid groups (broad SMARTS) is 1. The second-order valence-corrected chi connectivity index (χ2v) is 8.12. The molecular weight excluding hydrogens is 305 g/mol. The Bertz CT molecular complexity index is 672. The summed E-state index contributed by atoms with van der Waals surface area (Å²) in [5.41, 5.74) is 2.04. The molecule has 1 amide bonds. The molecule has 1 atom stereocenters. The van der Waals surface area contributed by atoms with Crippen LogP contribution in [0.25, 0.3) is 0 Å². The third kappa shape index (κ3) is 2.43. The van der Waals surface area contributed by atoms with Gasteiger partial charge < -0.3 is 19.3 Å². The van der Waals surface area contributed by atoms with Gasteiger partial charge in [-0.15, -0.1) is 0 Å². The molecule has 0 spiro atoms. The molecule has 6 heteroatoms. The summed E-state index contributed by atoms with van der Waals surface area (Å²) in [4.78, 5) is 12.8. The molecule has 1 fully saturated rings. The third-order valence-electron chi connectivity index (χ3n) is 6.14. The van der Waals surface area contributed by atoms with Crippen molar-refractivity contribution in [3.05, 3.63) is 29.3 Å². The minimum atomic E-state index is -0.902. The predicted octanol–water partition coefficient (Wildman–Crippen LogP) is 2.76. The number of rotatable bonds is 2. The van der Waals surface area contributed by atoms with Crippen molar-refractivity contribution in [2.75, 3.05) is 7.05 Å². The molecule has 1 aliphatic heterocycles. The van der Waals surface area contributed by atoms with Crippen molar-refractivity contribution in [1.29, 1.82) is 0 Å². The number of nitrogens with zero attached hydrogens (tertiary/aromatic N) is 1. The minimum absolute atomic E-state index is 0.366. The number of aryl methyl sites for hydroxylation is 1. The first-order valence-corrected chi connectivity index (χ1v) is 8.44. The van der Waals surface area contributed by atoms with E-state index in [4.69, 9.17) is 9.31 Å². The van der Waals surface area contributed by atoms with Gasteiger partial charge in [-0.2, -0.15) is 0 Å². The summed E-state index contributed by atoms with van der Waals surface area (Å²) in [7, 11) is 1.25. The maximum atomic E-state index is 11.4. The molecule has 1 heterocycles. The molecule has 0 saturated carbocycles. The van der Waals surface area contributed by atoms with Gasteiger partial charge in [-0.1, -0.05) is 18.2 Å². The molecule has 5 nitrogen and oxygen atoms in total. The summed E-state index contributed by atoms with van der Waals surface area (Å²) in [5, 5.41) is 9.36. The molecule has 0 radical (unpaired) electrons. The lowest BCUT2D eigenvalue weighted by molar-refractivity contribution is 0.00578. The van der Waals surface area contributed by atoms with E-state index in [1.54, 1.807) is 7.05 Å². The molecule has 2 aliphatic rings. The van der Waals surface area contributed by atoms with E-state index < -0.39 is 11.6 Å². The quantitative estimate of drug-likeness (QED) is 0.847. The Balaban J connectivity index is 1.91. The number of carbonyl (C=O) groups is 1. The van der Waals surface area contributed by atoms with E-state index in [-0.39, 0.29) is 18.3 Å². The molecule has 1 aromatic rings. The Morgan fingerprint density at radius 1 is 1.17 bits per heavy atom. The van der Waals surface area contributed by atoms with E-state index in [9.17, 15) is 9.90 Å². The lowest BCUT2D eigenvalue weighted by Gasteiger charge is -2.34. The van der Waals surface area contributed by atoms with Gasteiger partial charge in [0.1, 0.15) is 0 Å². The van der Waals surface area contributed by atoms with Crippen molar-refractivity contribution in [1.82, 2.24) is 4.90 Å². The van der Waals surface area contributed by atoms with Crippen LogP contribution in [0.15, 0.2) is 18.2 Å². The van der Waals surface area contributed by atoms with Gasteiger partial charge in [-0.25, -0.2) is 4.79 Å². The van der Waals surface area contributed by atoms with E-state index in [1.165, 1.54) is 10.5 Å². The van der Waals surface area contributed by atoms with Crippen molar-refractivity contribution in [3.8, 4) is 0 Å². The number of fused-ring (bicyclic) bond motifs is 1. The number of hydrogen-bond acceptors (Lipinski definition) is 3. The van der Waals surface area contributed by atoms with Gasteiger partial charge in [0.2, 0.25) is 0 Å². The minimum Gasteiger partial charge on any atom is -0.465 e. The van der Waals surface area contributed by atoms with E-state index >= 15 is 0 Å². The van der Waals surface area contributed by atoms with Crippen molar-refractivity contribution in [3.63, 3.8) is 0 Å². The molecule has 0 bridgehead atoms. The van der Waals surface area contributed by atoms with Crippen LogP contribution >= 0.6 is 0 Å². The van der Waals surface area contributed by atoms with Crippen molar-refractivity contribution in [2.24, 2.45) is 0 Å². The largest absolute Gasteiger partial charge is 0.494 e. The molecule has 24 heavy (non-hydrogen) atoms. The highest BCUT2D eigenvalue weighted by Crippen LogP contribution is 2.41. The highest BCUT2D eigenvalue weighted by atomic mass is 16.7. The zero-order valence-corrected chi connectivity index (χ0v) is 15.3. The van der Waals surface area contributed by atoms with Gasteiger partial charge in [0, 0.05) is 7.05 Å². The van der Waals surface area contributed by atoms with Gasteiger partial charge in [0.25, 0.3) is 0 Å². The van der Waals surface area contributed by atoms with Crippen molar-refractivity contribution in [2.45, 2.75) is 64.2 Å². The van der Waals surface area contributed by atoms with Crippen LogP contribution in [0.2, 0.25) is 0 Å². The number of benzene rings is 1. The summed E-state index contributed by atoms with van der Waals surface area (Å²) in [6.45, 7) is 10.2. The number of hydrogen-bond donors (Lipinski definition) is 1. The highest BCUT2D eigenvalue weighted by molar-refractivity contribution is 6.62. The maximum absolute atomic E-state index is 11.4. The molecular formula is C18H26BNO4. The average Bonchev–Trinajstić information content (AvgIpc) is 2.93. The number of amides is 1. The Morgan fingerprint density at radius 3 is 2.29 bits per heavy atom. The fourth-order valence-electron chi connectivity index (χ4n) is 3.54. The topological polar surface area (TPSA) is 59.0 Å². The standard InChI is InChI=1S/C18H26BNO4/c1-16(2)17(3,4)24-19(23-16)13-7-8-14-12(11-13)9-10-18(14,5)20(6)15(21)22/h7-8,11H,9-10H2,1-6H3,(H,21,22). The van der Waals surface area contributed by atoms with Gasteiger partial charge in [-0.3, -0.25) is 0 Å². The summed E-state index contributed by atoms with van der Waals surface area (Å²) in [6.07, 6.45) is 0.745. The summed E-state index contributed by atoms with van der Waals surface area (Å²) in [5.74, 6) is 0. The Labute approximate surface area is 144 Å². The Kier molecular flexibility index (Phi) is 3.77. The molecule has 1 N–H and O–H groups in total. The highest BCUT2D eigenvalue weighted by Gasteiger charge is 2.52. The first-order valence-electron chi connectivity index (χ1n) is 8.44. The van der Waals surface area contributed by atoms with E-state index in [2.05, 4.69) is 6.07 Å². The smallest absolute Gasteiger partial charge is 0.465 e. The van der Waals surface area contributed by atoms with Crippen LogP contribution < -0.4 is 5.46 Å². The summed E-state index contributed by atoms with van der Waals surface area (Å²) in [6, 6.07) is 6.14. The van der Waals surface area contributed by atoms with Crippen LogP contribution in [0.4, 0.5) is 4.79 Å². The fourth-order valence-corrected chi connectivity index (χ4v) is 3.54. The maximum Gasteiger partial charge on any atom is 0.494 e. The van der Waals surface area contributed by atoms with Crippen molar-refractivity contribution < 1.29 is 19.2 Å². The summed E-state index contributed by atoms with van der Waals surface area (Å²) >= 11 is 0. The van der Waals surface area contributed by atoms with Gasteiger partial charge >= 0.3 is 13.2 Å². The molecule has 0 aromatic heterocycles. The first kappa shape index (κ1) is 17.3. The van der Waals surface area contributed by atoms with E-state index in [0.29, 0.717) is 0 Å². The average molecular weight is 331 g/mol. The molecule has 1 saturated heterocycles. The van der Waals surface area contributed by atoms with Crippen molar-refractivity contribution >= 4 is 18.7 Å². The monoisotopic (exact) mass is 331 g/mol. The van der Waals surface area contributed by atoms with Crippen LogP contribution in [-0.2, 0) is 21.3 Å². The zero-order chi connectivity index (χ0) is 17.9. The van der Waals surface area contributed by atoms with Crippen LogP contribution in [0.1, 0.15) is 52.2 Å². The van der Waals surface area contributed by atoms with Gasteiger partial charge in [0.15, 0.2) is 0 Å². The Morgan fingerprint density at radius 2 is 1.75 bits per heavy atom.